The van der Waals surface area contributed by atoms with Crippen molar-refractivity contribution in [2.75, 3.05) is 6.54 Å². The van der Waals surface area contributed by atoms with E-state index in [1.807, 2.05) is 0 Å². The number of nitrogens with zero attached hydrogens (tertiary/aromatic N) is 1. The summed E-state index contributed by atoms with van der Waals surface area (Å²) in [6.07, 6.45) is -0.323. The van der Waals surface area contributed by atoms with Gasteiger partial charge >= 0.3 is 0 Å². The average molecular weight is 294 g/mol. The van der Waals surface area contributed by atoms with E-state index < -0.39 is 12.5 Å². The largest absolute Gasteiger partial charge is 0.354 e. The molecule has 0 aromatic heterocycles. The van der Waals surface area contributed by atoms with E-state index in [9.17, 15) is 18.4 Å². The number of carbonyl (C=O) groups is 2. The van der Waals surface area contributed by atoms with Crippen molar-refractivity contribution >= 4 is 11.8 Å². The van der Waals surface area contributed by atoms with Crippen LogP contribution >= 0.6 is 0 Å². The molecular weight excluding hydrogens is 278 g/mol. The molecule has 0 aliphatic carbocycles. The fourth-order valence-corrected chi connectivity index (χ4v) is 3.06. The Hall–Kier alpha value is -1.98. The number of carbonyl (C=O) groups excluding carboxylic acids is 2. The Morgan fingerprint density at radius 1 is 1.24 bits per heavy atom. The molecule has 112 valence electrons. The second-order valence-electron chi connectivity index (χ2n) is 5.41. The normalized spacial score (nSPS) is 22.2. The van der Waals surface area contributed by atoms with Crippen LogP contribution < -0.4 is 5.32 Å². The van der Waals surface area contributed by atoms with Gasteiger partial charge in [-0.05, 0) is 30.9 Å². The Bertz CT molecular complexity index is 589. The maximum Gasteiger partial charge on any atom is 0.264 e. The van der Waals surface area contributed by atoms with Crippen LogP contribution in [0.2, 0.25) is 0 Å². The summed E-state index contributed by atoms with van der Waals surface area (Å²) in [5.41, 5.74) is 0.539. The molecule has 4 nitrogen and oxygen atoms in total. The quantitative estimate of drug-likeness (QED) is 0.909. The number of alkyl halides is 2. The summed E-state index contributed by atoms with van der Waals surface area (Å²) >= 11 is 0. The summed E-state index contributed by atoms with van der Waals surface area (Å²) in [6.45, 7) is 0.694. The molecule has 21 heavy (non-hydrogen) atoms. The molecule has 1 aromatic carbocycles. The van der Waals surface area contributed by atoms with Crippen molar-refractivity contribution in [2.45, 2.75) is 38.3 Å². The minimum atomic E-state index is -2.62. The monoisotopic (exact) mass is 294 g/mol. The van der Waals surface area contributed by atoms with E-state index in [1.165, 1.54) is 17.0 Å². The maximum atomic E-state index is 13.1. The van der Waals surface area contributed by atoms with Gasteiger partial charge in [-0.1, -0.05) is 12.1 Å². The van der Waals surface area contributed by atoms with Gasteiger partial charge in [0.2, 0.25) is 5.91 Å². The smallest absolute Gasteiger partial charge is 0.264 e. The molecule has 0 radical (unpaired) electrons. The lowest BCUT2D eigenvalue weighted by Crippen LogP contribution is -2.45. The van der Waals surface area contributed by atoms with Crippen molar-refractivity contribution in [3.63, 3.8) is 0 Å². The molecule has 1 fully saturated rings. The van der Waals surface area contributed by atoms with Crippen LogP contribution in [0.5, 0.6) is 0 Å². The molecule has 1 aromatic rings. The minimum absolute atomic E-state index is 0.0900. The summed E-state index contributed by atoms with van der Waals surface area (Å²) < 4.78 is 26.1. The highest BCUT2D eigenvalue weighted by Gasteiger charge is 2.38. The third-order valence-electron chi connectivity index (χ3n) is 4.15. The second-order valence-corrected chi connectivity index (χ2v) is 5.41. The summed E-state index contributed by atoms with van der Waals surface area (Å²) in [4.78, 5) is 25.9. The number of benzene rings is 1. The first-order valence-electron chi connectivity index (χ1n) is 7.08. The zero-order valence-corrected chi connectivity index (χ0v) is 11.4. The Morgan fingerprint density at radius 2 is 2.05 bits per heavy atom. The Morgan fingerprint density at radius 3 is 2.81 bits per heavy atom. The van der Waals surface area contributed by atoms with Crippen LogP contribution in [0.3, 0.4) is 0 Å². The molecule has 0 saturated carbocycles. The van der Waals surface area contributed by atoms with Gasteiger partial charge in [0.15, 0.2) is 0 Å². The van der Waals surface area contributed by atoms with Crippen molar-refractivity contribution in [3.05, 3.63) is 34.9 Å². The molecule has 0 spiro atoms. The number of hydrogen-bond acceptors (Lipinski definition) is 2. The SMILES string of the molecule is O=C1NCCCCC1N1Cc2c(cccc2C(F)F)C1=O. The zero-order chi connectivity index (χ0) is 15.0. The van der Waals surface area contributed by atoms with Gasteiger partial charge in [-0.25, -0.2) is 8.78 Å². The molecule has 2 aliphatic rings. The third-order valence-corrected chi connectivity index (χ3v) is 4.15. The number of nitrogens with one attached hydrogen (secondary N) is 1. The predicted octanol–water partition coefficient (Wildman–Crippen LogP) is 2.25. The van der Waals surface area contributed by atoms with Gasteiger partial charge in [0.05, 0.1) is 0 Å². The van der Waals surface area contributed by atoms with Crippen LogP contribution in [0.25, 0.3) is 0 Å². The van der Waals surface area contributed by atoms with E-state index in [4.69, 9.17) is 0 Å². The van der Waals surface area contributed by atoms with Crippen LogP contribution in [-0.4, -0.2) is 29.3 Å². The van der Waals surface area contributed by atoms with E-state index in [0.717, 1.165) is 12.8 Å². The lowest BCUT2D eigenvalue weighted by molar-refractivity contribution is -0.125. The number of fused-ring (bicyclic) bond motifs is 1. The van der Waals surface area contributed by atoms with Gasteiger partial charge in [0, 0.05) is 24.2 Å². The van der Waals surface area contributed by atoms with Crippen molar-refractivity contribution in [1.29, 1.82) is 0 Å². The zero-order valence-electron chi connectivity index (χ0n) is 11.4. The molecule has 1 saturated heterocycles. The minimum Gasteiger partial charge on any atom is -0.354 e. The molecule has 2 heterocycles. The highest BCUT2D eigenvalue weighted by molar-refractivity contribution is 6.01. The van der Waals surface area contributed by atoms with Crippen LogP contribution in [0, 0.1) is 0 Å². The second kappa shape index (κ2) is 5.42. The van der Waals surface area contributed by atoms with Crippen LogP contribution in [0.4, 0.5) is 8.78 Å². The number of halogens is 2. The molecule has 1 unspecified atom stereocenters. The van der Waals surface area contributed by atoms with E-state index in [-0.39, 0.29) is 23.9 Å². The van der Waals surface area contributed by atoms with Gasteiger partial charge in [0.25, 0.3) is 12.3 Å². The third kappa shape index (κ3) is 2.39. The van der Waals surface area contributed by atoms with Crippen molar-refractivity contribution in [1.82, 2.24) is 10.2 Å². The fourth-order valence-electron chi connectivity index (χ4n) is 3.06. The number of hydrogen-bond donors (Lipinski definition) is 1. The van der Waals surface area contributed by atoms with Gasteiger partial charge in [-0.15, -0.1) is 0 Å². The first-order valence-corrected chi connectivity index (χ1v) is 7.08. The fraction of sp³-hybridized carbons (Fsp3) is 0.467. The van der Waals surface area contributed by atoms with E-state index in [1.54, 1.807) is 6.07 Å². The summed E-state index contributed by atoms with van der Waals surface area (Å²) in [5, 5.41) is 2.78. The standard InChI is InChI=1S/C15H16F2N2O2/c16-13(17)9-4-3-5-10-11(9)8-19(15(10)21)12-6-1-2-7-18-14(12)20/h3-5,12-13H,1-2,6-8H2,(H,18,20). The lowest BCUT2D eigenvalue weighted by atomic mass is 10.0. The Kier molecular flexibility index (Phi) is 3.61. The average Bonchev–Trinajstić information content (AvgIpc) is 2.65. The van der Waals surface area contributed by atoms with Crippen LogP contribution in [0.15, 0.2) is 18.2 Å². The molecule has 1 atom stereocenters. The molecular formula is C15H16F2N2O2. The Balaban J connectivity index is 1.92. The van der Waals surface area contributed by atoms with Crippen molar-refractivity contribution in [2.24, 2.45) is 0 Å². The first kappa shape index (κ1) is 14.0. The molecule has 2 amide bonds. The molecule has 0 bridgehead atoms. The summed E-state index contributed by atoms with van der Waals surface area (Å²) in [6, 6.07) is 3.80. The summed E-state index contributed by atoms with van der Waals surface area (Å²) in [5.74, 6) is -0.512. The first-order chi connectivity index (χ1) is 10.1. The highest BCUT2D eigenvalue weighted by atomic mass is 19.3. The lowest BCUT2D eigenvalue weighted by Gasteiger charge is -2.25. The Labute approximate surface area is 121 Å². The van der Waals surface area contributed by atoms with E-state index in [0.29, 0.717) is 24.1 Å². The summed E-state index contributed by atoms with van der Waals surface area (Å²) in [7, 11) is 0. The van der Waals surface area contributed by atoms with Gasteiger partial charge in [0.1, 0.15) is 6.04 Å². The van der Waals surface area contributed by atoms with Crippen LogP contribution in [0.1, 0.15) is 47.2 Å². The molecule has 3 rings (SSSR count). The maximum absolute atomic E-state index is 13.1. The molecule has 6 heteroatoms. The number of rotatable bonds is 2. The number of amides is 2. The van der Waals surface area contributed by atoms with Gasteiger partial charge in [-0.3, -0.25) is 9.59 Å². The van der Waals surface area contributed by atoms with E-state index >= 15 is 0 Å². The van der Waals surface area contributed by atoms with Crippen molar-refractivity contribution < 1.29 is 18.4 Å². The highest BCUT2D eigenvalue weighted by Crippen LogP contribution is 2.33. The van der Waals surface area contributed by atoms with Gasteiger partial charge < -0.3 is 10.2 Å². The topological polar surface area (TPSA) is 49.4 Å². The van der Waals surface area contributed by atoms with Crippen LogP contribution in [-0.2, 0) is 11.3 Å². The van der Waals surface area contributed by atoms with E-state index in [2.05, 4.69) is 5.32 Å². The van der Waals surface area contributed by atoms with Crippen molar-refractivity contribution in [3.8, 4) is 0 Å². The molecule has 2 aliphatic heterocycles. The molecule has 1 N–H and O–H groups in total. The predicted molar refractivity (Wildman–Crippen MR) is 71.9 cm³/mol. The van der Waals surface area contributed by atoms with Gasteiger partial charge in [-0.2, -0.15) is 0 Å².